The molecule has 0 atom stereocenters. The van der Waals surface area contributed by atoms with E-state index in [1.807, 2.05) is 55.4 Å². The summed E-state index contributed by atoms with van der Waals surface area (Å²) in [6, 6.07) is 21.9. The van der Waals surface area contributed by atoms with Crippen LogP contribution in [0.4, 0.5) is 11.4 Å². The third-order valence-corrected chi connectivity index (χ3v) is 4.88. The van der Waals surface area contributed by atoms with Crippen molar-refractivity contribution in [2.75, 3.05) is 30.9 Å². The second-order valence-corrected chi connectivity index (χ2v) is 7.52. The lowest BCUT2D eigenvalue weighted by Crippen LogP contribution is -2.28. The van der Waals surface area contributed by atoms with E-state index < -0.39 is 0 Å². The Hall–Kier alpha value is -3.31. The summed E-state index contributed by atoms with van der Waals surface area (Å²) in [4.78, 5) is 27.2. The van der Waals surface area contributed by atoms with Gasteiger partial charge < -0.3 is 15.5 Å². The topological polar surface area (TPSA) is 61.4 Å². The molecule has 30 heavy (non-hydrogen) atoms. The van der Waals surface area contributed by atoms with E-state index in [-0.39, 0.29) is 11.8 Å². The van der Waals surface area contributed by atoms with Crippen LogP contribution in [0.15, 0.2) is 72.8 Å². The molecule has 0 heterocycles. The van der Waals surface area contributed by atoms with Gasteiger partial charge in [0.25, 0.3) is 11.8 Å². The molecule has 3 rings (SSSR count). The van der Waals surface area contributed by atoms with E-state index in [1.165, 1.54) is 0 Å². The molecule has 0 aliphatic heterocycles. The summed E-state index contributed by atoms with van der Waals surface area (Å²) in [5, 5.41) is 6.37. The molecule has 0 fully saturated rings. The van der Waals surface area contributed by atoms with Gasteiger partial charge in [-0.05, 0) is 54.4 Å². The molecule has 2 amide bonds. The summed E-state index contributed by atoms with van der Waals surface area (Å²) in [6.07, 6.45) is 0.747. The Morgan fingerprint density at radius 2 is 1.60 bits per heavy atom. The van der Waals surface area contributed by atoms with Crippen LogP contribution in [-0.2, 0) is 6.42 Å². The van der Waals surface area contributed by atoms with Crippen LogP contribution in [0, 0.1) is 0 Å². The quantitative estimate of drug-likeness (QED) is 0.584. The van der Waals surface area contributed by atoms with Crippen molar-refractivity contribution >= 4 is 34.8 Å². The molecule has 0 aliphatic carbocycles. The van der Waals surface area contributed by atoms with Gasteiger partial charge in [-0.2, -0.15) is 0 Å². The molecule has 3 aromatic rings. The van der Waals surface area contributed by atoms with Crippen molar-refractivity contribution in [3.63, 3.8) is 0 Å². The van der Waals surface area contributed by atoms with Crippen LogP contribution in [0.5, 0.6) is 0 Å². The van der Waals surface area contributed by atoms with Gasteiger partial charge in [0.1, 0.15) is 0 Å². The van der Waals surface area contributed by atoms with Gasteiger partial charge in [0, 0.05) is 42.6 Å². The Morgan fingerprint density at radius 3 is 2.27 bits per heavy atom. The number of hydrogen-bond donors (Lipinski definition) is 2. The largest absolute Gasteiger partial charge is 0.377 e. The first-order chi connectivity index (χ1) is 14.4. The third kappa shape index (κ3) is 5.61. The van der Waals surface area contributed by atoms with Gasteiger partial charge in [0.05, 0.1) is 5.56 Å². The summed E-state index contributed by atoms with van der Waals surface area (Å²) in [7, 11) is 3.75. The number of rotatable bonds is 7. The average Bonchev–Trinajstić information content (AvgIpc) is 2.74. The van der Waals surface area contributed by atoms with Crippen molar-refractivity contribution in [3.05, 3.63) is 94.5 Å². The fraction of sp³-hybridized carbons (Fsp3) is 0.167. The second-order valence-electron chi connectivity index (χ2n) is 7.08. The van der Waals surface area contributed by atoms with Gasteiger partial charge in [-0.1, -0.05) is 41.9 Å². The van der Waals surface area contributed by atoms with Crippen molar-refractivity contribution < 1.29 is 9.59 Å². The van der Waals surface area contributed by atoms with Crippen LogP contribution in [0.2, 0.25) is 5.02 Å². The number of amides is 2. The first-order valence-corrected chi connectivity index (χ1v) is 10.0. The molecule has 0 aliphatic rings. The highest BCUT2D eigenvalue weighted by atomic mass is 35.5. The zero-order chi connectivity index (χ0) is 21.5. The Labute approximate surface area is 181 Å². The molecule has 3 aromatic carbocycles. The minimum atomic E-state index is -0.264. The fourth-order valence-corrected chi connectivity index (χ4v) is 3.18. The highest BCUT2D eigenvalue weighted by Crippen LogP contribution is 2.23. The summed E-state index contributed by atoms with van der Waals surface area (Å²) >= 11 is 5.88. The van der Waals surface area contributed by atoms with Crippen LogP contribution in [0.1, 0.15) is 26.3 Å². The molecular weight excluding hydrogens is 398 g/mol. The van der Waals surface area contributed by atoms with E-state index in [4.69, 9.17) is 11.6 Å². The highest BCUT2D eigenvalue weighted by Gasteiger charge is 2.15. The van der Waals surface area contributed by atoms with E-state index in [0.29, 0.717) is 28.4 Å². The van der Waals surface area contributed by atoms with Crippen LogP contribution in [0.25, 0.3) is 0 Å². The number of halogens is 1. The number of nitrogens with one attached hydrogen (secondary N) is 2. The number of nitrogens with zero attached hydrogens (tertiary/aromatic N) is 1. The Kier molecular flexibility index (Phi) is 7.09. The van der Waals surface area contributed by atoms with E-state index in [0.717, 1.165) is 17.7 Å². The predicted molar refractivity (Wildman–Crippen MR) is 123 cm³/mol. The van der Waals surface area contributed by atoms with E-state index in [9.17, 15) is 9.59 Å². The number of anilines is 2. The van der Waals surface area contributed by atoms with Gasteiger partial charge >= 0.3 is 0 Å². The van der Waals surface area contributed by atoms with E-state index in [1.54, 1.807) is 36.4 Å². The van der Waals surface area contributed by atoms with Crippen LogP contribution < -0.4 is 15.5 Å². The third-order valence-electron chi connectivity index (χ3n) is 4.63. The van der Waals surface area contributed by atoms with Gasteiger partial charge in [-0.25, -0.2) is 0 Å². The lowest BCUT2D eigenvalue weighted by molar-refractivity contribution is 0.0953. The minimum Gasteiger partial charge on any atom is -0.377 e. The smallest absolute Gasteiger partial charge is 0.255 e. The minimum absolute atomic E-state index is 0.183. The molecule has 154 valence electrons. The summed E-state index contributed by atoms with van der Waals surface area (Å²) in [5.41, 5.74) is 3.48. The number of carbonyl (C=O) groups is 2. The molecule has 0 bridgehead atoms. The molecule has 0 spiro atoms. The van der Waals surface area contributed by atoms with Crippen molar-refractivity contribution in [3.8, 4) is 0 Å². The van der Waals surface area contributed by atoms with Crippen LogP contribution >= 0.6 is 11.6 Å². The SMILES string of the molecule is CN(C)c1ccc(NC(=O)c2ccc(Cl)cc2)cc1C(=O)NCCc1ccccc1. The predicted octanol–water partition coefficient (Wildman–Crippen LogP) is 4.63. The van der Waals surface area contributed by atoms with Gasteiger partial charge in [-0.3, -0.25) is 9.59 Å². The summed E-state index contributed by atoms with van der Waals surface area (Å²) < 4.78 is 0. The lowest BCUT2D eigenvalue weighted by Gasteiger charge is -2.18. The van der Waals surface area contributed by atoms with E-state index in [2.05, 4.69) is 10.6 Å². The first-order valence-electron chi connectivity index (χ1n) is 9.64. The molecule has 0 saturated heterocycles. The molecule has 0 radical (unpaired) electrons. The molecule has 6 heteroatoms. The monoisotopic (exact) mass is 421 g/mol. The summed E-state index contributed by atoms with van der Waals surface area (Å²) in [5.74, 6) is -0.447. The van der Waals surface area contributed by atoms with Crippen LogP contribution in [0.3, 0.4) is 0 Å². The average molecular weight is 422 g/mol. The molecular formula is C24H24ClN3O2. The highest BCUT2D eigenvalue weighted by molar-refractivity contribution is 6.30. The molecule has 0 saturated carbocycles. The Bertz CT molecular complexity index is 1020. The summed E-state index contributed by atoms with van der Waals surface area (Å²) in [6.45, 7) is 0.525. The Morgan fingerprint density at radius 1 is 0.900 bits per heavy atom. The molecule has 0 aromatic heterocycles. The zero-order valence-corrected chi connectivity index (χ0v) is 17.7. The normalized spacial score (nSPS) is 10.4. The molecule has 2 N–H and O–H groups in total. The standard InChI is InChI=1S/C24H24ClN3O2/c1-28(2)22-13-12-20(27-23(29)18-8-10-19(25)11-9-18)16-21(22)24(30)26-15-14-17-6-4-3-5-7-17/h3-13,16H,14-15H2,1-2H3,(H,26,30)(H,27,29). The maximum Gasteiger partial charge on any atom is 0.255 e. The Balaban J connectivity index is 1.72. The zero-order valence-electron chi connectivity index (χ0n) is 17.0. The van der Waals surface area contributed by atoms with Crippen LogP contribution in [-0.4, -0.2) is 32.5 Å². The first kappa shape index (κ1) is 21.4. The fourth-order valence-electron chi connectivity index (χ4n) is 3.05. The van der Waals surface area contributed by atoms with Gasteiger partial charge in [0.15, 0.2) is 0 Å². The molecule has 5 nitrogen and oxygen atoms in total. The van der Waals surface area contributed by atoms with Crippen molar-refractivity contribution in [2.45, 2.75) is 6.42 Å². The maximum absolute atomic E-state index is 12.8. The van der Waals surface area contributed by atoms with Crippen molar-refractivity contribution in [1.29, 1.82) is 0 Å². The van der Waals surface area contributed by atoms with Crippen molar-refractivity contribution in [1.82, 2.24) is 5.32 Å². The molecule has 0 unspecified atom stereocenters. The van der Waals surface area contributed by atoms with Gasteiger partial charge in [0.2, 0.25) is 0 Å². The number of benzene rings is 3. The number of carbonyl (C=O) groups excluding carboxylic acids is 2. The number of hydrogen-bond acceptors (Lipinski definition) is 3. The second kappa shape index (κ2) is 9.94. The van der Waals surface area contributed by atoms with Crippen molar-refractivity contribution in [2.24, 2.45) is 0 Å². The van der Waals surface area contributed by atoms with Gasteiger partial charge in [-0.15, -0.1) is 0 Å². The lowest BCUT2D eigenvalue weighted by atomic mass is 10.1. The van der Waals surface area contributed by atoms with E-state index >= 15 is 0 Å². The maximum atomic E-state index is 12.8.